The van der Waals surface area contributed by atoms with Crippen LogP contribution >= 0.6 is 0 Å². The van der Waals surface area contributed by atoms with Crippen LogP contribution in [0.1, 0.15) is 74.5 Å². The molecule has 2 aromatic rings. The van der Waals surface area contributed by atoms with Crippen LogP contribution in [0.5, 0.6) is 5.75 Å². The van der Waals surface area contributed by atoms with Crippen LogP contribution in [0.4, 0.5) is 9.18 Å². The van der Waals surface area contributed by atoms with Gasteiger partial charge in [0.1, 0.15) is 35.3 Å². The van der Waals surface area contributed by atoms with Gasteiger partial charge in [-0.3, -0.25) is 28.8 Å². The second-order valence-corrected chi connectivity index (χ2v) is 17.1. The van der Waals surface area contributed by atoms with Crippen LogP contribution in [0.3, 0.4) is 0 Å². The summed E-state index contributed by atoms with van der Waals surface area (Å²) in [6.45, 7) is -0.0518. The van der Waals surface area contributed by atoms with Gasteiger partial charge in [0.15, 0.2) is 0 Å². The number of methoxy groups -OCH3 is 1. The third kappa shape index (κ3) is 8.48. The van der Waals surface area contributed by atoms with E-state index in [1.807, 2.05) is 12.2 Å². The van der Waals surface area contributed by atoms with Crippen LogP contribution in [0.25, 0.3) is 0 Å². The van der Waals surface area contributed by atoms with E-state index in [2.05, 4.69) is 15.4 Å². The lowest BCUT2D eigenvalue weighted by atomic mass is 10.0. The second kappa shape index (κ2) is 15.6. The van der Waals surface area contributed by atoms with Crippen molar-refractivity contribution in [3.63, 3.8) is 0 Å². The summed E-state index contributed by atoms with van der Waals surface area (Å²) in [7, 11) is -2.38. The van der Waals surface area contributed by atoms with Crippen molar-refractivity contribution in [2.75, 3.05) is 13.7 Å². The summed E-state index contributed by atoms with van der Waals surface area (Å²) in [5, 5.41) is 5.02. The number of benzene rings is 2. The third-order valence-electron chi connectivity index (χ3n) is 11.2. The number of amides is 5. The Balaban J connectivity index is 1.13. The number of hydrogen-bond donors (Lipinski definition) is 3. The highest BCUT2D eigenvalue weighted by atomic mass is 32.2. The highest BCUT2D eigenvalue weighted by molar-refractivity contribution is 7.91. The van der Waals surface area contributed by atoms with Crippen molar-refractivity contribution in [1.29, 1.82) is 0 Å². The Morgan fingerprint density at radius 2 is 1.80 bits per heavy atom. The summed E-state index contributed by atoms with van der Waals surface area (Å²) in [6.07, 6.45) is 6.02. The number of fused-ring (bicyclic) bond motifs is 3. The molecule has 0 radical (unpaired) electrons. The van der Waals surface area contributed by atoms with Crippen molar-refractivity contribution in [3.05, 3.63) is 77.1 Å². The van der Waals surface area contributed by atoms with Crippen molar-refractivity contribution in [3.8, 4) is 5.75 Å². The molecule has 0 aromatic heterocycles. The zero-order valence-electron chi connectivity index (χ0n) is 30.6. The summed E-state index contributed by atoms with van der Waals surface area (Å²) >= 11 is 0. The lowest BCUT2D eigenvalue weighted by Crippen LogP contribution is -2.58. The molecule has 0 unspecified atom stereocenters. The molecule has 0 bridgehead atoms. The number of nitrogens with one attached hydrogen (secondary N) is 3. The van der Waals surface area contributed by atoms with E-state index >= 15 is 0 Å². The van der Waals surface area contributed by atoms with Crippen LogP contribution in [0.15, 0.2) is 54.6 Å². The fourth-order valence-corrected chi connectivity index (χ4v) is 9.11. The molecule has 3 fully saturated rings. The number of rotatable bonds is 8. The molecule has 5 amide bonds. The molecule has 294 valence electrons. The van der Waals surface area contributed by atoms with Gasteiger partial charge in [0.2, 0.25) is 27.7 Å². The number of nitrogens with zero attached hydrogens (tertiary/aromatic N) is 2. The first-order valence-corrected chi connectivity index (χ1v) is 20.4. The van der Waals surface area contributed by atoms with Crippen molar-refractivity contribution >= 4 is 39.7 Å². The Labute approximate surface area is 319 Å². The van der Waals surface area contributed by atoms with Crippen molar-refractivity contribution in [2.45, 2.75) is 106 Å². The SMILES string of the molecule is COc1ccc(CC(=O)N[C@H]2CCCCC/C=C/[C@@H]3C[C@@]3(C(=O)NS(=O)(=O)C3CC3)NC(=O)[C@@H]3C[C@@H](OC(=O)N4Cc5cccc(F)c5C4)CN3C2=O)cc1. The van der Waals surface area contributed by atoms with Crippen LogP contribution < -0.4 is 20.1 Å². The van der Waals surface area contributed by atoms with Gasteiger partial charge in [-0.05, 0) is 67.9 Å². The summed E-state index contributed by atoms with van der Waals surface area (Å²) in [4.78, 5) is 71.8. The molecule has 1 saturated heterocycles. The van der Waals surface area contributed by atoms with E-state index < -0.39 is 80.5 Å². The molecule has 5 atom stereocenters. The fraction of sp³-hybridized carbons (Fsp3) is 0.513. The number of ether oxygens (including phenoxy) is 2. The number of hydrogen-bond acceptors (Lipinski definition) is 9. The standard InChI is InChI=1S/C39H46FN5O9S/c1-53-27-14-12-24(13-15-27)18-34(46)41-32-11-6-4-2-3-5-9-26-20-39(26,37(49)43-55(51,52)29-16-17-29)42-35(47)33-19-28(22-45(33)36(32)48)54-38(50)44-21-25-8-7-10-31(40)30(25)23-44/h5,7-10,12-15,26,28-29,32-33H,2-4,6,11,16-23H2,1H3,(H,41,46)(H,42,47)(H,43,49)/b9-5+/t26-,28-,32+,33+,39-/m1/s1. The van der Waals surface area contributed by atoms with Crippen LogP contribution in [-0.4, -0.2) is 90.6 Å². The van der Waals surface area contributed by atoms with Gasteiger partial charge in [0.05, 0.1) is 31.9 Å². The first-order chi connectivity index (χ1) is 26.4. The van der Waals surface area contributed by atoms with Gasteiger partial charge < -0.3 is 25.0 Å². The Bertz CT molecular complexity index is 1990. The maximum absolute atomic E-state index is 14.5. The lowest BCUT2D eigenvalue weighted by Gasteiger charge is -2.30. The Morgan fingerprint density at radius 1 is 1.02 bits per heavy atom. The topological polar surface area (TPSA) is 181 Å². The molecule has 2 aromatic carbocycles. The molecule has 3 N–H and O–H groups in total. The van der Waals surface area contributed by atoms with Crippen molar-refractivity contribution in [1.82, 2.24) is 25.2 Å². The van der Waals surface area contributed by atoms with E-state index in [9.17, 15) is 36.8 Å². The number of halogens is 1. The van der Waals surface area contributed by atoms with E-state index in [-0.39, 0.29) is 45.3 Å². The van der Waals surface area contributed by atoms with E-state index in [1.165, 1.54) is 15.9 Å². The maximum Gasteiger partial charge on any atom is 0.410 e. The summed E-state index contributed by atoms with van der Waals surface area (Å²) < 4.78 is 53.3. The summed E-state index contributed by atoms with van der Waals surface area (Å²) in [6, 6.07) is 9.36. The van der Waals surface area contributed by atoms with Gasteiger partial charge in [-0.1, -0.05) is 49.3 Å². The van der Waals surface area contributed by atoms with E-state index in [4.69, 9.17) is 9.47 Å². The Hall–Kier alpha value is -4.99. The first-order valence-electron chi connectivity index (χ1n) is 18.9. The van der Waals surface area contributed by atoms with Gasteiger partial charge in [0.25, 0.3) is 5.91 Å². The molecule has 16 heteroatoms. The molecule has 3 aliphatic heterocycles. The first kappa shape index (κ1) is 38.3. The molecule has 2 saturated carbocycles. The fourth-order valence-electron chi connectivity index (χ4n) is 7.75. The van der Waals surface area contributed by atoms with Gasteiger partial charge in [-0.15, -0.1) is 0 Å². The number of carbonyl (C=O) groups is 5. The average Bonchev–Trinajstić information content (AvgIpc) is 4.04. The average molecular weight is 780 g/mol. The molecule has 7 rings (SSSR count). The van der Waals surface area contributed by atoms with E-state index in [1.54, 1.807) is 43.5 Å². The summed E-state index contributed by atoms with van der Waals surface area (Å²) in [5.41, 5.74) is 0.187. The number of sulfonamides is 1. The normalized spacial score (nSPS) is 27.3. The maximum atomic E-state index is 14.5. The number of carbonyl (C=O) groups excluding carboxylic acids is 5. The van der Waals surface area contributed by atoms with Crippen LogP contribution in [0, 0.1) is 11.7 Å². The van der Waals surface area contributed by atoms with Gasteiger partial charge in [-0.2, -0.15) is 0 Å². The van der Waals surface area contributed by atoms with Crippen molar-refractivity contribution in [2.24, 2.45) is 5.92 Å². The molecule has 3 heterocycles. The molecule has 55 heavy (non-hydrogen) atoms. The van der Waals surface area contributed by atoms with Crippen LogP contribution in [-0.2, 0) is 53.4 Å². The highest BCUT2D eigenvalue weighted by Gasteiger charge is 2.62. The van der Waals surface area contributed by atoms with E-state index in [0.29, 0.717) is 48.1 Å². The Morgan fingerprint density at radius 3 is 2.53 bits per heavy atom. The largest absolute Gasteiger partial charge is 0.497 e. The quantitative estimate of drug-likeness (QED) is 0.340. The van der Waals surface area contributed by atoms with Gasteiger partial charge in [0, 0.05) is 24.4 Å². The van der Waals surface area contributed by atoms with E-state index in [0.717, 1.165) is 12.8 Å². The number of allylic oxidation sites excluding steroid dienone is 1. The minimum Gasteiger partial charge on any atom is -0.497 e. The third-order valence-corrected chi connectivity index (χ3v) is 13.0. The Kier molecular flexibility index (Phi) is 10.9. The van der Waals surface area contributed by atoms with Gasteiger partial charge >= 0.3 is 6.09 Å². The molecule has 0 spiro atoms. The lowest BCUT2D eigenvalue weighted by molar-refractivity contribution is -0.142. The predicted molar refractivity (Wildman–Crippen MR) is 196 cm³/mol. The zero-order chi connectivity index (χ0) is 38.9. The monoisotopic (exact) mass is 779 g/mol. The molecular weight excluding hydrogens is 734 g/mol. The molecule has 5 aliphatic rings. The predicted octanol–water partition coefficient (Wildman–Crippen LogP) is 2.99. The minimum atomic E-state index is -3.93. The molecule has 14 nitrogen and oxygen atoms in total. The second-order valence-electron chi connectivity index (χ2n) is 15.1. The zero-order valence-corrected chi connectivity index (χ0v) is 31.4. The van der Waals surface area contributed by atoms with Gasteiger partial charge in [-0.25, -0.2) is 17.6 Å². The molecular formula is C39H46FN5O9S. The van der Waals surface area contributed by atoms with Crippen molar-refractivity contribution < 1.29 is 46.3 Å². The van der Waals surface area contributed by atoms with Crippen LogP contribution in [0.2, 0.25) is 0 Å². The molecule has 2 aliphatic carbocycles. The highest BCUT2D eigenvalue weighted by Crippen LogP contribution is 2.46. The summed E-state index contributed by atoms with van der Waals surface area (Å²) in [5.74, 6) is -2.78. The minimum absolute atomic E-state index is 0.00127. The smallest absolute Gasteiger partial charge is 0.410 e.